The molecule has 1 aliphatic heterocycles. The Hall–Kier alpha value is -3.74. The fraction of sp³-hybridized carbons (Fsp3) is 0.357. The maximum atomic E-state index is 13.0. The van der Waals surface area contributed by atoms with Gasteiger partial charge in [-0.15, -0.1) is 0 Å². The van der Waals surface area contributed by atoms with Gasteiger partial charge in [0.05, 0.1) is 11.8 Å². The number of carbonyl (C=O) groups excluding carboxylic acids is 4. The first-order valence-electron chi connectivity index (χ1n) is 12.0. The fourth-order valence-corrected chi connectivity index (χ4v) is 6.06. The summed E-state index contributed by atoms with van der Waals surface area (Å²) < 4.78 is 10.8. The molecule has 0 spiro atoms. The van der Waals surface area contributed by atoms with Gasteiger partial charge < -0.3 is 9.47 Å². The lowest BCUT2D eigenvalue weighted by atomic mass is 9.63. The van der Waals surface area contributed by atoms with Gasteiger partial charge in [0.15, 0.2) is 12.4 Å². The van der Waals surface area contributed by atoms with E-state index in [9.17, 15) is 19.2 Å². The molecule has 5 aliphatic rings. The summed E-state index contributed by atoms with van der Waals surface area (Å²) in [5.74, 6) is -0.548. The van der Waals surface area contributed by atoms with E-state index >= 15 is 0 Å². The third-order valence-electron chi connectivity index (χ3n) is 7.83. The van der Waals surface area contributed by atoms with Crippen LogP contribution in [0.15, 0.2) is 66.7 Å². The molecule has 3 fully saturated rings. The first kappa shape index (κ1) is 21.8. The maximum absolute atomic E-state index is 13.0. The molecule has 0 N–H and O–H groups in total. The molecule has 1 heterocycles. The van der Waals surface area contributed by atoms with Crippen molar-refractivity contribution in [3.63, 3.8) is 0 Å². The minimum atomic E-state index is -0.757. The Kier molecular flexibility index (Phi) is 5.28. The number of imide groups is 1. The van der Waals surface area contributed by atoms with Crippen LogP contribution in [-0.2, 0) is 25.7 Å². The lowest BCUT2D eigenvalue weighted by Crippen LogP contribution is -2.40. The second kappa shape index (κ2) is 8.48. The highest BCUT2D eigenvalue weighted by molar-refractivity contribution is 6.08. The number of likely N-dealkylation sites (tertiary alicyclic amines) is 1. The molecule has 0 unspecified atom stereocenters. The SMILES string of the molecule is O=C(CN1C(=O)[C@H]2[C@@H]3C=C[C@H]([C@@H]4C[C@H]34)[C@@H]2C1=O)OCC(=O)c1ccc(OCc2ccccc2)cc1. The van der Waals surface area contributed by atoms with Crippen LogP contribution < -0.4 is 4.74 Å². The van der Waals surface area contributed by atoms with E-state index in [1.807, 2.05) is 30.3 Å². The van der Waals surface area contributed by atoms with Gasteiger partial charge in [-0.1, -0.05) is 42.5 Å². The molecule has 35 heavy (non-hydrogen) atoms. The molecule has 7 nitrogen and oxygen atoms in total. The Balaban J connectivity index is 1.01. The van der Waals surface area contributed by atoms with E-state index in [4.69, 9.17) is 9.47 Å². The van der Waals surface area contributed by atoms with Gasteiger partial charge in [-0.2, -0.15) is 0 Å². The fourth-order valence-electron chi connectivity index (χ4n) is 6.06. The topological polar surface area (TPSA) is 90.0 Å². The van der Waals surface area contributed by atoms with Gasteiger partial charge in [0, 0.05) is 5.56 Å². The summed E-state index contributed by atoms with van der Waals surface area (Å²) in [6.45, 7) is -0.484. The molecule has 2 bridgehead atoms. The largest absolute Gasteiger partial charge is 0.489 e. The summed E-state index contributed by atoms with van der Waals surface area (Å²) in [6, 6.07) is 16.3. The molecular weight excluding hydrogens is 446 g/mol. The van der Waals surface area contributed by atoms with E-state index in [-0.39, 0.29) is 41.3 Å². The standard InChI is InChI=1S/C28H25NO6/c30-23(17-6-8-18(9-7-17)34-14-16-4-2-1-3-5-16)15-35-24(31)13-29-27(32)25-19-10-11-20(22-12-21(19)22)26(25)28(29)33/h1-11,19-22,25-26H,12-15H2/t19-,20-,21-,22+,25+,26+/m1/s1. The summed E-state index contributed by atoms with van der Waals surface area (Å²) in [6.07, 6.45) is 5.26. The number of nitrogens with zero attached hydrogens (tertiary/aromatic N) is 1. The Morgan fingerprint density at radius 2 is 1.49 bits per heavy atom. The zero-order valence-corrected chi connectivity index (χ0v) is 19.0. The Morgan fingerprint density at radius 1 is 0.857 bits per heavy atom. The van der Waals surface area contributed by atoms with Crippen LogP contribution in [0.5, 0.6) is 5.75 Å². The van der Waals surface area contributed by atoms with Crippen LogP contribution in [0.2, 0.25) is 0 Å². The third kappa shape index (κ3) is 3.85. The van der Waals surface area contributed by atoms with E-state index in [0.717, 1.165) is 16.9 Å². The van der Waals surface area contributed by atoms with Crippen molar-refractivity contribution in [2.45, 2.75) is 13.0 Å². The summed E-state index contributed by atoms with van der Waals surface area (Å²) in [7, 11) is 0. The van der Waals surface area contributed by atoms with Crippen molar-refractivity contribution in [1.29, 1.82) is 0 Å². The Labute approximate surface area is 202 Å². The van der Waals surface area contributed by atoms with Gasteiger partial charge >= 0.3 is 5.97 Å². The van der Waals surface area contributed by atoms with Gasteiger partial charge in [0.1, 0.15) is 18.9 Å². The number of ketones is 1. The lowest BCUT2D eigenvalue weighted by Gasteiger charge is -2.37. The molecular formula is C28H25NO6. The average Bonchev–Trinajstić information content (AvgIpc) is 3.68. The second-order valence-electron chi connectivity index (χ2n) is 9.80. The lowest BCUT2D eigenvalue weighted by molar-refractivity contribution is -0.152. The van der Waals surface area contributed by atoms with Crippen LogP contribution in [0.25, 0.3) is 0 Å². The number of Topliss-reactive ketones (excluding diaryl/α,β-unsaturated/α-hetero) is 1. The summed E-state index contributed by atoms with van der Waals surface area (Å²) in [5.41, 5.74) is 1.42. The quantitative estimate of drug-likeness (QED) is 0.254. The third-order valence-corrected chi connectivity index (χ3v) is 7.83. The number of hydrogen-bond acceptors (Lipinski definition) is 6. The number of hydrogen-bond donors (Lipinski definition) is 0. The molecule has 2 aromatic carbocycles. The minimum Gasteiger partial charge on any atom is -0.489 e. The van der Waals surface area contributed by atoms with E-state index in [1.165, 1.54) is 0 Å². The van der Waals surface area contributed by atoms with Crippen molar-refractivity contribution in [2.75, 3.05) is 13.2 Å². The normalized spacial score (nSPS) is 29.5. The van der Waals surface area contributed by atoms with Gasteiger partial charge in [-0.25, -0.2) is 0 Å². The van der Waals surface area contributed by atoms with E-state index in [0.29, 0.717) is 29.8 Å². The molecule has 7 rings (SSSR count). The van der Waals surface area contributed by atoms with Crippen molar-refractivity contribution in [1.82, 2.24) is 4.90 Å². The van der Waals surface area contributed by atoms with Crippen molar-refractivity contribution in [3.8, 4) is 5.75 Å². The summed E-state index contributed by atoms with van der Waals surface area (Å²) in [5, 5.41) is 0. The average molecular weight is 472 g/mol. The molecule has 7 heteroatoms. The molecule has 0 aromatic heterocycles. The molecule has 1 saturated heterocycles. The number of esters is 1. The molecule has 2 amide bonds. The highest BCUT2D eigenvalue weighted by Gasteiger charge is 2.67. The molecule has 2 saturated carbocycles. The molecule has 2 aromatic rings. The number of carbonyl (C=O) groups is 4. The molecule has 0 radical (unpaired) electrons. The van der Waals surface area contributed by atoms with Crippen LogP contribution in [0.3, 0.4) is 0 Å². The Morgan fingerprint density at radius 3 is 2.11 bits per heavy atom. The number of rotatable bonds is 8. The predicted molar refractivity (Wildman–Crippen MR) is 124 cm³/mol. The molecule has 6 atom stereocenters. The van der Waals surface area contributed by atoms with Crippen molar-refractivity contribution >= 4 is 23.6 Å². The monoisotopic (exact) mass is 471 g/mol. The van der Waals surface area contributed by atoms with Crippen molar-refractivity contribution in [3.05, 3.63) is 77.9 Å². The molecule has 178 valence electrons. The van der Waals surface area contributed by atoms with Crippen LogP contribution in [-0.4, -0.2) is 41.6 Å². The van der Waals surface area contributed by atoms with E-state index < -0.39 is 19.1 Å². The van der Waals surface area contributed by atoms with Crippen LogP contribution in [0.1, 0.15) is 22.3 Å². The Bertz CT molecular complexity index is 1180. The number of allylic oxidation sites excluding steroid dienone is 2. The second-order valence-corrected chi connectivity index (χ2v) is 9.80. The van der Waals surface area contributed by atoms with Gasteiger partial charge in [-0.3, -0.25) is 24.1 Å². The smallest absolute Gasteiger partial charge is 0.326 e. The van der Waals surface area contributed by atoms with Crippen molar-refractivity contribution < 1.29 is 28.7 Å². The van der Waals surface area contributed by atoms with E-state index in [2.05, 4.69) is 12.2 Å². The molecule has 4 aliphatic carbocycles. The number of amides is 2. The summed E-state index contributed by atoms with van der Waals surface area (Å²) >= 11 is 0. The summed E-state index contributed by atoms with van der Waals surface area (Å²) in [4.78, 5) is 51.8. The van der Waals surface area contributed by atoms with Gasteiger partial charge in [0.25, 0.3) is 0 Å². The first-order chi connectivity index (χ1) is 17.0. The first-order valence-corrected chi connectivity index (χ1v) is 12.0. The zero-order chi connectivity index (χ0) is 24.1. The number of benzene rings is 2. The zero-order valence-electron chi connectivity index (χ0n) is 19.0. The maximum Gasteiger partial charge on any atom is 0.326 e. The number of ether oxygens (including phenoxy) is 2. The van der Waals surface area contributed by atoms with Gasteiger partial charge in [-0.05, 0) is 59.9 Å². The predicted octanol–water partition coefficient (Wildman–Crippen LogP) is 3.04. The van der Waals surface area contributed by atoms with Crippen LogP contribution in [0.4, 0.5) is 0 Å². The highest BCUT2D eigenvalue weighted by Crippen LogP contribution is 2.65. The van der Waals surface area contributed by atoms with Crippen LogP contribution in [0, 0.1) is 35.5 Å². The van der Waals surface area contributed by atoms with E-state index in [1.54, 1.807) is 24.3 Å². The highest BCUT2D eigenvalue weighted by atomic mass is 16.5. The van der Waals surface area contributed by atoms with Crippen LogP contribution >= 0.6 is 0 Å². The minimum absolute atomic E-state index is 0.105. The van der Waals surface area contributed by atoms with Crippen molar-refractivity contribution in [2.24, 2.45) is 35.5 Å². The van der Waals surface area contributed by atoms with Gasteiger partial charge in [0.2, 0.25) is 11.8 Å².